The second-order valence-electron chi connectivity index (χ2n) is 8.28. The number of benzene rings is 1. The zero-order valence-electron chi connectivity index (χ0n) is 18.2. The first-order valence-corrected chi connectivity index (χ1v) is 10.7. The number of rotatable bonds is 8. The molecule has 2 unspecified atom stereocenters. The molecule has 29 heavy (non-hydrogen) atoms. The van der Waals surface area contributed by atoms with E-state index >= 15 is 0 Å². The molecule has 6 heteroatoms. The fraction of sp³-hybridized carbons (Fsp3) is 0.609. The lowest BCUT2D eigenvalue weighted by molar-refractivity contribution is -0.145. The number of amides is 3. The number of hydrogen-bond donors (Lipinski definition) is 1. The summed E-state index contributed by atoms with van der Waals surface area (Å²) in [5, 5.41) is 2.93. The predicted molar refractivity (Wildman–Crippen MR) is 114 cm³/mol. The molecule has 160 valence electrons. The van der Waals surface area contributed by atoms with Gasteiger partial charge in [0.05, 0.1) is 6.42 Å². The summed E-state index contributed by atoms with van der Waals surface area (Å²) in [4.78, 5) is 41.7. The van der Waals surface area contributed by atoms with Crippen molar-refractivity contribution in [2.45, 2.75) is 65.5 Å². The summed E-state index contributed by atoms with van der Waals surface area (Å²) in [6.45, 7) is 9.53. The van der Waals surface area contributed by atoms with Crippen molar-refractivity contribution in [2.75, 3.05) is 19.6 Å². The summed E-state index contributed by atoms with van der Waals surface area (Å²) in [6, 6.07) is 8.96. The molecule has 1 saturated heterocycles. The maximum Gasteiger partial charge on any atom is 0.245 e. The summed E-state index contributed by atoms with van der Waals surface area (Å²) >= 11 is 0. The van der Waals surface area contributed by atoms with Crippen molar-refractivity contribution >= 4 is 17.7 Å². The fourth-order valence-corrected chi connectivity index (χ4v) is 3.72. The highest BCUT2D eigenvalue weighted by Gasteiger charge is 2.34. The lowest BCUT2D eigenvalue weighted by Gasteiger charge is -2.41. The monoisotopic (exact) mass is 401 g/mol. The minimum atomic E-state index is -0.555. The van der Waals surface area contributed by atoms with E-state index in [0.29, 0.717) is 26.1 Å². The molecule has 1 aliphatic rings. The molecular weight excluding hydrogens is 366 g/mol. The Balaban J connectivity index is 1.95. The number of carbonyl (C=O) groups excluding carboxylic acids is 3. The summed E-state index contributed by atoms with van der Waals surface area (Å²) in [5.41, 5.74) is 0.924. The Hall–Kier alpha value is -2.37. The molecule has 0 aliphatic carbocycles. The number of nitrogens with one attached hydrogen (secondary N) is 1. The van der Waals surface area contributed by atoms with E-state index < -0.39 is 6.04 Å². The largest absolute Gasteiger partial charge is 0.344 e. The maximum absolute atomic E-state index is 13.1. The van der Waals surface area contributed by atoms with Gasteiger partial charge in [-0.25, -0.2) is 0 Å². The van der Waals surface area contributed by atoms with Crippen molar-refractivity contribution in [1.82, 2.24) is 15.1 Å². The molecule has 3 amide bonds. The SMILES string of the molecule is CCCCC(=O)N1CCN(C(=O)C(NC(=O)Cc2ccccc2)C(C)C)CC1C. The molecule has 0 spiro atoms. The lowest BCUT2D eigenvalue weighted by Crippen LogP contribution is -2.60. The van der Waals surface area contributed by atoms with Crippen LogP contribution in [0.5, 0.6) is 0 Å². The van der Waals surface area contributed by atoms with Crippen LogP contribution >= 0.6 is 0 Å². The minimum Gasteiger partial charge on any atom is -0.344 e. The van der Waals surface area contributed by atoms with Crippen LogP contribution in [0.25, 0.3) is 0 Å². The van der Waals surface area contributed by atoms with Gasteiger partial charge in [-0.2, -0.15) is 0 Å². The molecule has 0 aromatic heterocycles. The summed E-state index contributed by atoms with van der Waals surface area (Å²) in [6.07, 6.45) is 2.72. The van der Waals surface area contributed by atoms with E-state index in [1.165, 1.54) is 0 Å². The third-order valence-electron chi connectivity index (χ3n) is 5.46. The third-order valence-corrected chi connectivity index (χ3v) is 5.46. The Kier molecular flexibility index (Phi) is 8.68. The molecule has 2 atom stereocenters. The predicted octanol–water partition coefficient (Wildman–Crippen LogP) is 2.62. The quantitative estimate of drug-likeness (QED) is 0.728. The van der Waals surface area contributed by atoms with Crippen molar-refractivity contribution in [3.8, 4) is 0 Å². The summed E-state index contributed by atoms with van der Waals surface area (Å²) in [5.74, 6) is -0.0524. The van der Waals surface area contributed by atoms with Crippen LogP contribution in [0.1, 0.15) is 52.5 Å². The highest BCUT2D eigenvalue weighted by molar-refractivity contribution is 5.89. The molecule has 0 saturated carbocycles. The average Bonchev–Trinajstić information content (AvgIpc) is 2.70. The van der Waals surface area contributed by atoms with Gasteiger partial charge >= 0.3 is 0 Å². The normalized spacial score (nSPS) is 17.9. The molecule has 1 heterocycles. The third kappa shape index (κ3) is 6.58. The van der Waals surface area contributed by atoms with Gasteiger partial charge in [-0.15, -0.1) is 0 Å². The molecule has 2 rings (SSSR count). The summed E-state index contributed by atoms with van der Waals surface area (Å²) in [7, 11) is 0. The molecule has 1 aromatic rings. The first-order chi connectivity index (χ1) is 13.8. The number of carbonyl (C=O) groups is 3. The van der Waals surface area contributed by atoms with Gasteiger partial charge in [-0.3, -0.25) is 14.4 Å². The van der Waals surface area contributed by atoms with Gasteiger partial charge < -0.3 is 15.1 Å². The van der Waals surface area contributed by atoms with Crippen LogP contribution < -0.4 is 5.32 Å². The van der Waals surface area contributed by atoms with E-state index in [9.17, 15) is 14.4 Å². The van der Waals surface area contributed by atoms with Crippen molar-refractivity contribution in [3.63, 3.8) is 0 Å². The van der Waals surface area contributed by atoms with Gasteiger partial charge in [0, 0.05) is 32.1 Å². The first-order valence-electron chi connectivity index (χ1n) is 10.7. The van der Waals surface area contributed by atoms with Crippen LogP contribution in [-0.2, 0) is 20.8 Å². The van der Waals surface area contributed by atoms with E-state index in [2.05, 4.69) is 12.2 Å². The van der Waals surface area contributed by atoms with Crippen LogP contribution in [-0.4, -0.2) is 59.2 Å². The number of hydrogen-bond acceptors (Lipinski definition) is 3. The van der Waals surface area contributed by atoms with Gasteiger partial charge in [-0.1, -0.05) is 57.5 Å². The molecule has 1 N–H and O–H groups in total. The number of nitrogens with zero attached hydrogens (tertiary/aromatic N) is 2. The molecule has 0 bridgehead atoms. The highest BCUT2D eigenvalue weighted by Crippen LogP contribution is 2.16. The smallest absolute Gasteiger partial charge is 0.245 e. The second kappa shape index (κ2) is 11.0. The van der Waals surface area contributed by atoms with Crippen LogP contribution in [0, 0.1) is 5.92 Å². The first kappa shape index (κ1) is 22.9. The Bertz CT molecular complexity index is 690. The zero-order chi connectivity index (χ0) is 21.4. The Labute approximate surface area is 174 Å². The zero-order valence-corrected chi connectivity index (χ0v) is 18.2. The van der Waals surface area contributed by atoms with Gasteiger partial charge in [-0.05, 0) is 24.8 Å². The van der Waals surface area contributed by atoms with Crippen LogP contribution in [0.4, 0.5) is 0 Å². The molecule has 6 nitrogen and oxygen atoms in total. The van der Waals surface area contributed by atoms with Crippen LogP contribution in [0.15, 0.2) is 30.3 Å². The fourth-order valence-electron chi connectivity index (χ4n) is 3.72. The molecule has 0 radical (unpaired) electrons. The Morgan fingerprint density at radius 1 is 1.14 bits per heavy atom. The summed E-state index contributed by atoms with van der Waals surface area (Å²) < 4.78 is 0. The molecule has 1 fully saturated rings. The van der Waals surface area contributed by atoms with Gasteiger partial charge in [0.25, 0.3) is 0 Å². The van der Waals surface area contributed by atoms with Gasteiger partial charge in [0.2, 0.25) is 17.7 Å². The van der Waals surface area contributed by atoms with Crippen LogP contribution in [0.3, 0.4) is 0 Å². The second-order valence-corrected chi connectivity index (χ2v) is 8.28. The average molecular weight is 402 g/mol. The number of piperazine rings is 1. The number of unbranched alkanes of at least 4 members (excludes halogenated alkanes) is 1. The van der Waals surface area contributed by atoms with Crippen molar-refractivity contribution in [2.24, 2.45) is 5.92 Å². The van der Waals surface area contributed by atoms with Crippen LogP contribution in [0.2, 0.25) is 0 Å². The Morgan fingerprint density at radius 2 is 1.83 bits per heavy atom. The van der Waals surface area contributed by atoms with E-state index in [4.69, 9.17) is 0 Å². The molecular formula is C23H35N3O3. The van der Waals surface area contributed by atoms with E-state index in [-0.39, 0.29) is 36.1 Å². The van der Waals surface area contributed by atoms with E-state index in [1.807, 2.05) is 56.0 Å². The van der Waals surface area contributed by atoms with Crippen molar-refractivity contribution < 1.29 is 14.4 Å². The van der Waals surface area contributed by atoms with Gasteiger partial charge in [0.15, 0.2) is 0 Å². The molecule has 1 aromatic carbocycles. The maximum atomic E-state index is 13.1. The highest BCUT2D eigenvalue weighted by atomic mass is 16.2. The minimum absolute atomic E-state index is 0.00936. The van der Waals surface area contributed by atoms with Crippen molar-refractivity contribution in [3.05, 3.63) is 35.9 Å². The topological polar surface area (TPSA) is 69.7 Å². The van der Waals surface area contributed by atoms with Gasteiger partial charge in [0.1, 0.15) is 6.04 Å². The standard InChI is InChI=1S/C23H35N3O3/c1-5-6-12-21(28)26-14-13-25(16-18(26)4)23(29)22(17(2)3)24-20(27)15-19-10-8-7-9-11-19/h7-11,17-18,22H,5-6,12-16H2,1-4H3,(H,24,27). The lowest BCUT2D eigenvalue weighted by atomic mass is 10.0. The Morgan fingerprint density at radius 3 is 2.41 bits per heavy atom. The van der Waals surface area contributed by atoms with E-state index in [0.717, 1.165) is 18.4 Å². The molecule has 1 aliphatic heterocycles. The van der Waals surface area contributed by atoms with E-state index in [1.54, 1.807) is 4.90 Å². The van der Waals surface area contributed by atoms with Crippen molar-refractivity contribution in [1.29, 1.82) is 0 Å².